The summed E-state index contributed by atoms with van der Waals surface area (Å²) in [6, 6.07) is 15.1. The summed E-state index contributed by atoms with van der Waals surface area (Å²) < 4.78 is 34.5. The van der Waals surface area contributed by atoms with E-state index in [0.29, 0.717) is 42.8 Å². The third-order valence-corrected chi connectivity index (χ3v) is 7.56. The number of carbonyl (C=O) groups is 2. The van der Waals surface area contributed by atoms with E-state index < -0.39 is 16.0 Å². The molecule has 1 aliphatic heterocycles. The Kier molecular flexibility index (Phi) is 7.32. The first-order valence-corrected chi connectivity index (χ1v) is 13.0. The molecule has 1 aromatic heterocycles. The number of hydrogen-bond donors (Lipinski definition) is 1. The fraction of sp³-hybridized carbons (Fsp3) is 0.320. The van der Waals surface area contributed by atoms with Crippen LogP contribution in [0, 0.1) is 6.92 Å². The molecule has 1 N–H and O–H groups in total. The molecule has 1 fully saturated rings. The average Bonchev–Trinajstić information content (AvgIpc) is 3.26. The summed E-state index contributed by atoms with van der Waals surface area (Å²) in [5.41, 5.74) is 2.32. The highest BCUT2D eigenvalue weighted by molar-refractivity contribution is 7.89. The van der Waals surface area contributed by atoms with E-state index >= 15 is 0 Å². The number of benzene rings is 2. The maximum Gasteiger partial charge on any atom is 0.341 e. The molecule has 0 spiro atoms. The number of piperidine rings is 1. The summed E-state index contributed by atoms with van der Waals surface area (Å²) >= 11 is 0. The van der Waals surface area contributed by atoms with Gasteiger partial charge in [0.25, 0.3) is 5.91 Å². The van der Waals surface area contributed by atoms with Crippen molar-refractivity contribution in [3.63, 3.8) is 0 Å². The molecule has 0 bridgehead atoms. The average molecular weight is 497 g/mol. The van der Waals surface area contributed by atoms with Gasteiger partial charge in [0.05, 0.1) is 29.1 Å². The summed E-state index contributed by atoms with van der Waals surface area (Å²) in [6.45, 7) is 4.75. The SMILES string of the molecule is CCOC(=O)c1cnn(-c2ccc(C(=O)N3CCC(NS(=O)(=O)c4ccccc4)CC3)cc2)c1C. The topological polar surface area (TPSA) is 111 Å². The van der Waals surface area contributed by atoms with Gasteiger partial charge in [-0.25, -0.2) is 22.6 Å². The number of amides is 1. The summed E-state index contributed by atoms with van der Waals surface area (Å²) in [4.78, 5) is 27.0. The van der Waals surface area contributed by atoms with Crippen LogP contribution in [0.4, 0.5) is 0 Å². The van der Waals surface area contributed by atoms with Crippen molar-refractivity contribution < 1.29 is 22.7 Å². The Balaban J connectivity index is 1.37. The molecule has 1 saturated heterocycles. The third kappa shape index (κ3) is 5.44. The number of ether oxygens (including phenoxy) is 1. The van der Waals surface area contributed by atoms with Crippen LogP contribution in [0.3, 0.4) is 0 Å². The van der Waals surface area contributed by atoms with Crippen molar-refractivity contribution in [3.05, 3.63) is 77.6 Å². The highest BCUT2D eigenvalue weighted by Gasteiger charge is 2.27. The highest BCUT2D eigenvalue weighted by Crippen LogP contribution is 2.19. The quantitative estimate of drug-likeness (QED) is 0.504. The second-order valence-electron chi connectivity index (χ2n) is 8.32. The predicted molar refractivity (Wildman–Crippen MR) is 130 cm³/mol. The fourth-order valence-corrected chi connectivity index (χ4v) is 5.42. The smallest absolute Gasteiger partial charge is 0.341 e. The van der Waals surface area contributed by atoms with Crippen molar-refractivity contribution in [1.29, 1.82) is 0 Å². The number of sulfonamides is 1. The van der Waals surface area contributed by atoms with E-state index in [1.807, 2.05) is 0 Å². The molecule has 2 aromatic carbocycles. The van der Waals surface area contributed by atoms with Gasteiger partial charge in [-0.2, -0.15) is 5.10 Å². The first-order chi connectivity index (χ1) is 16.8. The number of esters is 1. The largest absolute Gasteiger partial charge is 0.462 e. The molecule has 35 heavy (non-hydrogen) atoms. The van der Waals surface area contributed by atoms with Crippen molar-refractivity contribution in [2.45, 2.75) is 37.6 Å². The van der Waals surface area contributed by atoms with Gasteiger partial charge in [0.1, 0.15) is 5.56 Å². The van der Waals surface area contributed by atoms with Gasteiger partial charge in [0.2, 0.25) is 10.0 Å². The van der Waals surface area contributed by atoms with Gasteiger partial charge >= 0.3 is 5.97 Å². The molecule has 1 amide bonds. The number of hydrogen-bond acceptors (Lipinski definition) is 6. The van der Waals surface area contributed by atoms with Crippen LogP contribution in [-0.4, -0.2) is 60.7 Å². The summed E-state index contributed by atoms with van der Waals surface area (Å²) in [7, 11) is -3.58. The van der Waals surface area contributed by atoms with Gasteiger partial charge in [0, 0.05) is 24.7 Å². The van der Waals surface area contributed by atoms with Gasteiger partial charge in [-0.15, -0.1) is 0 Å². The number of nitrogens with zero attached hydrogens (tertiary/aromatic N) is 3. The Morgan fingerprint density at radius 3 is 2.34 bits per heavy atom. The molecule has 184 valence electrons. The lowest BCUT2D eigenvalue weighted by atomic mass is 10.0. The summed E-state index contributed by atoms with van der Waals surface area (Å²) in [5, 5.41) is 4.28. The standard InChI is InChI=1S/C25H28N4O5S/c1-3-34-25(31)23-17-26-29(18(23)2)21-11-9-19(10-12-21)24(30)28-15-13-20(14-16-28)27-35(32,33)22-7-5-4-6-8-22/h4-12,17,20,27H,3,13-16H2,1-2H3. The molecule has 0 saturated carbocycles. The number of nitrogens with one attached hydrogen (secondary N) is 1. The van der Waals surface area contributed by atoms with Crippen molar-refractivity contribution in [1.82, 2.24) is 19.4 Å². The Labute approximate surface area is 204 Å². The lowest BCUT2D eigenvalue weighted by Crippen LogP contribution is -2.46. The molecule has 9 nitrogen and oxygen atoms in total. The molecule has 10 heteroatoms. The molecule has 0 atom stereocenters. The molecular weight excluding hydrogens is 468 g/mol. The molecule has 1 aliphatic rings. The van der Waals surface area contributed by atoms with Gasteiger partial charge in [-0.1, -0.05) is 18.2 Å². The monoisotopic (exact) mass is 496 g/mol. The zero-order valence-electron chi connectivity index (χ0n) is 19.7. The Morgan fingerprint density at radius 2 is 1.71 bits per heavy atom. The maximum absolute atomic E-state index is 13.0. The third-order valence-electron chi connectivity index (χ3n) is 6.02. The van der Waals surface area contributed by atoms with Gasteiger partial charge < -0.3 is 9.64 Å². The lowest BCUT2D eigenvalue weighted by molar-refractivity contribution is 0.0525. The second-order valence-corrected chi connectivity index (χ2v) is 10.0. The van der Waals surface area contributed by atoms with Crippen LogP contribution in [0.25, 0.3) is 5.69 Å². The van der Waals surface area contributed by atoms with Gasteiger partial charge in [-0.3, -0.25) is 4.79 Å². The van der Waals surface area contributed by atoms with Crippen LogP contribution in [0.2, 0.25) is 0 Å². The fourth-order valence-electron chi connectivity index (χ4n) is 4.09. The first-order valence-electron chi connectivity index (χ1n) is 11.5. The highest BCUT2D eigenvalue weighted by atomic mass is 32.2. The predicted octanol–water partition coefficient (Wildman–Crippen LogP) is 2.94. The molecule has 0 radical (unpaired) electrons. The van der Waals surface area contributed by atoms with E-state index in [9.17, 15) is 18.0 Å². The van der Waals surface area contributed by atoms with Crippen molar-refractivity contribution in [2.75, 3.05) is 19.7 Å². The van der Waals surface area contributed by atoms with Crippen LogP contribution in [0.1, 0.15) is 46.2 Å². The van der Waals surface area contributed by atoms with E-state index in [1.165, 1.54) is 6.20 Å². The maximum atomic E-state index is 13.0. The van der Waals surface area contributed by atoms with E-state index in [1.54, 1.807) is 78.0 Å². The second kappa shape index (κ2) is 10.4. The molecule has 2 heterocycles. The van der Waals surface area contributed by atoms with Crippen LogP contribution in [0.15, 0.2) is 65.7 Å². The molecule has 4 rings (SSSR count). The first kappa shape index (κ1) is 24.6. The number of carbonyl (C=O) groups excluding carboxylic acids is 2. The zero-order chi connectivity index (χ0) is 25.0. The van der Waals surface area contributed by atoms with Gasteiger partial charge in [0.15, 0.2) is 0 Å². The Hall–Kier alpha value is -3.50. The number of rotatable bonds is 7. The van der Waals surface area contributed by atoms with Crippen molar-refractivity contribution in [3.8, 4) is 5.69 Å². The molecule has 0 unspecified atom stereocenters. The van der Waals surface area contributed by atoms with Crippen LogP contribution in [0.5, 0.6) is 0 Å². The van der Waals surface area contributed by atoms with Crippen LogP contribution < -0.4 is 4.72 Å². The van der Waals surface area contributed by atoms with Crippen molar-refractivity contribution >= 4 is 21.9 Å². The summed E-state index contributed by atoms with van der Waals surface area (Å²) in [6.07, 6.45) is 2.56. The number of aromatic nitrogens is 2. The van der Waals surface area contributed by atoms with E-state index in [2.05, 4.69) is 9.82 Å². The van der Waals surface area contributed by atoms with Gasteiger partial charge in [-0.05, 0) is 63.1 Å². The van der Waals surface area contributed by atoms with E-state index in [0.717, 1.165) is 5.69 Å². The minimum Gasteiger partial charge on any atom is -0.462 e. The number of likely N-dealkylation sites (tertiary alicyclic amines) is 1. The van der Waals surface area contributed by atoms with Crippen molar-refractivity contribution in [2.24, 2.45) is 0 Å². The zero-order valence-corrected chi connectivity index (χ0v) is 20.5. The Bertz CT molecular complexity index is 1300. The van der Waals surface area contributed by atoms with E-state index in [-0.39, 0.29) is 23.5 Å². The van der Waals surface area contributed by atoms with E-state index in [4.69, 9.17) is 4.74 Å². The minimum atomic E-state index is -3.58. The minimum absolute atomic E-state index is 0.106. The molecular formula is C25H28N4O5S. The Morgan fingerprint density at radius 1 is 1.06 bits per heavy atom. The molecule has 0 aliphatic carbocycles. The normalized spacial score (nSPS) is 14.6. The van der Waals surface area contributed by atoms with Crippen LogP contribution in [-0.2, 0) is 14.8 Å². The molecule has 3 aromatic rings. The lowest BCUT2D eigenvalue weighted by Gasteiger charge is -2.32. The summed E-state index contributed by atoms with van der Waals surface area (Å²) in [5.74, 6) is -0.525. The van der Waals surface area contributed by atoms with Crippen LogP contribution >= 0.6 is 0 Å².